The fraction of sp³-hybridized carbons (Fsp3) is 0.400. The fourth-order valence-corrected chi connectivity index (χ4v) is 0.157. The number of hydrogen-bond acceptors (Lipinski definition) is 1. The van der Waals surface area contributed by atoms with Gasteiger partial charge in [0.2, 0.25) is 0 Å². The van der Waals surface area contributed by atoms with Gasteiger partial charge in [0, 0.05) is 14.2 Å². The lowest BCUT2D eigenvalue weighted by molar-refractivity contribution is 0.277. The normalized spacial score (nSPS) is 6.91. The molecule has 0 spiro atoms. The zero-order valence-electron chi connectivity index (χ0n) is 8.13. The Morgan fingerprint density at radius 3 is 1.18 bits per heavy atom. The van der Waals surface area contributed by atoms with E-state index >= 15 is 0 Å². The lowest BCUT2D eigenvalue weighted by Gasteiger charge is -1.61. The highest BCUT2D eigenvalue weighted by Crippen LogP contribution is 1.69. The van der Waals surface area contributed by atoms with Crippen molar-refractivity contribution in [3.63, 3.8) is 0 Å². The van der Waals surface area contributed by atoms with Gasteiger partial charge in [-0.2, -0.15) is 0 Å². The highest BCUT2D eigenvalue weighted by Gasteiger charge is 1.47. The van der Waals surface area contributed by atoms with Crippen molar-refractivity contribution in [2.24, 2.45) is 0 Å². The third-order valence-electron chi connectivity index (χ3n) is 0.383. The Bertz CT molecular complexity index is 72.9. The molecule has 0 bridgehead atoms. The molecule has 66 valence electrons. The van der Waals surface area contributed by atoms with Crippen LogP contribution in [0, 0.1) is 0 Å². The molecule has 1 heteroatoms. The maximum atomic E-state index is 4.25. The fourth-order valence-electron chi connectivity index (χ4n) is 0.157. The van der Waals surface area contributed by atoms with Gasteiger partial charge in [-0.05, 0) is 0 Å². The number of methoxy groups -OCH3 is 1. The van der Waals surface area contributed by atoms with Crippen LogP contribution in [0.5, 0.6) is 0 Å². The monoisotopic (exact) mass is 156 g/mol. The van der Waals surface area contributed by atoms with Crippen LogP contribution in [0.25, 0.3) is 0 Å². The lowest BCUT2D eigenvalue weighted by atomic mass is 10.5. The number of hydrogen-bond donors (Lipinski definition) is 0. The maximum absolute atomic E-state index is 4.25. The van der Waals surface area contributed by atoms with E-state index in [0.717, 1.165) is 0 Å². The molecule has 0 heterocycles. The molecule has 11 heavy (non-hydrogen) atoms. The lowest BCUT2D eigenvalue weighted by Crippen LogP contribution is -1.55. The van der Waals surface area contributed by atoms with Crippen LogP contribution < -0.4 is 0 Å². The van der Waals surface area contributed by atoms with Gasteiger partial charge in [0.25, 0.3) is 0 Å². The van der Waals surface area contributed by atoms with Crippen LogP contribution in [0.3, 0.4) is 0 Å². The predicted molar refractivity (Wildman–Crippen MR) is 53.8 cm³/mol. The van der Waals surface area contributed by atoms with Crippen molar-refractivity contribution < 1.29 is 4.74 Å². The summed E-state index contributed by atoms with van der Waals surface area (Å²) in [5.41, 5.74) is 0. The minimum Gasteiger partial charge on any atom is -0.388 e. The molecule has 0 atom stereocenters. The largest absolute Gasteiger partial charge is 0.388 e. The molecule has 0 aliphatic carbocycles. The minimum atomic E-state index is 1.62. The van der Waals surface area contributed by atoms with E-state index in [2.05, 4.69) is 17.9 Å². The van der Waals surface area contributed by atoms with Gasteiger partial charge < -0.3 is 4.74 Å². The number of rotatable bonds is 2. The standard InChI is InChI=1S/C6H8.C2H6O.C2H6/c1-3-5-6-4-2;1-3-2;1-2/h3-6H,1-2H2;1-2H3;1-2H3/b6-5-;;. The highest BCUT2D eigenvalue weighted by molar-refractivity contribution is 5.05. The minimum absolute atomic E-state index is 1.62. The van der Waals surface area contributed by atoms with Crippen LogP contribution in [0.2, 0.25) is 0 Å². The van der Waals surface area contributed by atoms with E-state index in [1.165, 1.54) is 0 Å². The molecule has 0 saturated carbocycles. The average molecular weight is 156 g/mol. The first-order chi connectivity index (χ1) is 5.33. The zero-order chi connectivity index (χ0) is 9.54. The molecule has 0 aromatic heterocycles. The quantitative estimate of drug-likeness (QED) is 0.558. The van der Waals surface area contributed by atoms with Crippen LogP contribution in [-0.4, -0.2) is 14.2 Å². The van der Waals surface area contributed by atoms with Gasteiger partial charge in [0.15, 0.2) is 0 Å². The molecule has 0 fully saturated rings. The van der Waals surface area contributed by atoms with Gasteiger partial charge in [-0.25, -0.2) is 0 Å². The molecule has 1 nitrogen and oxygen atoms in total. The summed E-state index contributed by atoms with van der Waals surface area (Å²) in [4.78, 5) is 0. The summed E-state index contributed by atoms with van der Waals surface area (Å²) in [6.07, 6.45) is 7.07. The third-order valence-corrected chi connectivity index (χ3v) is 0.383. The van der Waals surface area contributed by atoms with E-state index in [-0.39, 0.29) is 0 Å². The molecule has 0 saturated heterocycles. The van der Waals surface area contributed by atoms with E-state index < -0.39 is 0 Å². The second kappa shape index (κ2) is 35.2. The van der Waals surface area contributed by atoms with Crippen molar-refractivity contribution in [3.05, 3.63) is 37.5 Å². The summed E-state index contributed by atoms with van der Waals surface area (Å²) in [6.45, 7) is 10.9. The van der Waals surface area contributed by atoms with Crippen LogP contribution in [0.1, 0.15) is 13.8 Å². The predicted octanol–water partition coefficient (Wildman–Crippen LogP) is 3.20. The first-order valence-electron chi connectivity index (χ1n) is 3.63. The van der Waals surface area contributed by atoms with Crippen LogP contribution in [-0.2, 0) is 4.74 Å². The van der Waals surface area contributed by atoms with Crippen molar-refractivity contribution in [1.29, 1.82) is 0 Å². The third kappa shape index (κ3) is 99.6. The molecular weight excluding hydrogens is 136 g/mol. The van der Waals surface area contributed by atoms with Gasteiger partial charge in [-0.3, -0.25) is 0 Å². The van der Waals surface area contributed by atoms with E-state index in [0.29, 0.717) is 0 Å². The Labute approximate surface area is 71.1 Å². The van der Waals surface area contributed by atoms with Crippen molar-refractivity contribution in [1.82, 2.24) is 0 Å². The molecule has 0 aliphatic rings. The molecule has 0 radical (unpaired) electrons. The Morgan fingerprint density at radius 1 is 0.909 bits per heavy atom. The SMILES string of the molecule is C=C/C=C\C=C.CC.COC. The summed E-state index contributed by atoms with van der Waals surface area (Å²) >= 11 is 0. The van der Waals surface area contributed by atoms with Crippen molar-refractivity contribution in [2.75, 3.05) is 14.2 Å². The van der Waals surface area contributed by atoms with Gasteiger partial charge in [0.1, 0.15) is 0 Å². The molecule has 0 N–H and O–H groups in total. The van der Waals surface area contributed by atoms with Crippen molar-refractivity contribution in [3.8, 4) is 0 Å². The molecule has 0 unspecified atom stereocenters. The summed E-state index contributed by atoms with van der Waals surface area (Å²) in [5.74, 6) is 0. The molecular formula is C10H20O. The van der Waals surface area contributed by atoms with E-state index in [1.54, 1.807) is 26.4 Å². The Morgan fingerprint density at radius 2 is 1.09 bits per heavy atom. The summed E-state index contributed by atoms with van der Waals surface area (Å²) in [5, 5.41) is 0. The topological polar surface area (TPSA) is 9.23 Å². The zero-order valence-corrected chi connectivity index (χ0v) is 8.13. The summed E-state index contributed by atoms with van der Waals surface area (Å²) in [6, 6.07) is 0. The molecule has 0 aromatic carbocycles. The highest BCUT2D eigenvalue weighted by atomic mass is 16.4. The summed E-state index contributed by atoms with van der Waals surface area (Å²) < 4.78 is 4.25. The second-order valence-corrected chi connectivity index (χ2v) is 1.26. The first kappa shape index (κ1) is 16.6. The van der Waals surface area contributed by atoms with Crippen molar-refractivity contribution >= 4 is 0 Å². The van der Waals surface area contributed by atoms with E-state index in [1.807, 2.05) is 26.0 Å². The number of ether oxygens (including phenoxy) is 1. The first-order valence-corrected chi connectivity index (χ1v) is 3.63. The number of allylic oxidation sites excluding steroid dienone is 4. The van der Waals surface area contributed by atoms with E-state index in [9.17, 15) is 0 Å². The molecule has 0 rings (SSSR count). The Balaban J connectivity index is -0.000000109. The Hall–Kier alpha value is -0.820. The van der Waals surface area contributed by atoms with Crippen LogP contribution in [0.15, 0.2) is 37.5 Å². The molecule has 0 aliphatic heterocycles. The molecule has 0 aromatic rings. The van der Waals surface area contributed by atoms with Gasteiger partial charge in [-0.15, -0.1) is 0 Å². The molecule has 0 amide bonds. The van der Waals surface area contributed by atoms with Crippen LogP contribution >= 0.6 is 0 Å². The smallest absolute Gasteiger partial charge is 0.0351 e. The maximum Gasteiger partial charge on any atom is 0.0351 e. The second-order valence-electron chi connectivity index (χ2n) is 1.26. The average Bonchev–Trinajstić information content (AvgIpc) is 2.06. The van der Waals surface area contributed by atoms with Gasteiger partial charge in [-0.1, -0.05) is 51.3 Å². The van der Waals surface area contributed by atoms with Gasteiger partial charge in [0.05, 0.1) is 0 Å². The van der Waals surface area contributed by atoms with Crippen molar-refractivity contribution in [2.45, 2.75) is 13.8 Å². The summed E-state index contributed by atoms with van der Waals surface area (Å²) in [7, 11) is 3.25. The van der Waals surface area contributed by atoms with E-state index in [4.69, 9.17) is 0 Å². The Kier molecular flexibility index (Phi) is 53.2. The van der Waals surface area contributed by atoms with Crippen LogP contribution in [0.4, 0.5) is 0 Å². The van der Waals surface area contributed by atoms with Gasteiger partial charge >= 0.3 is 0 Å².